The Hall–Kier alpha value is -2.89. The van der Waals surface area contributed by atoms with Crippen molar-refractivity contribution in [2.24, 2.45) is 13.0 Å². The molecule has 3 rings (SSSR count). The van der Waals surface area contributed by atoms with Crippen molar-refractivity contribution in [1.82, 2.24) is 4.57 Å². The van der Waals surface area contributed by atoms with Crippen LogP contribution in [-0.2, 0) is 27.8 Å². The molecule has 1 unspecified atom stereocenters. The van der Waals surface area contributed by atoms with Crippen molar-refractivity contribution in [2.75, 3.05) is 18.1 Å². The lowest BCUT2D eigenvalue weighted by molar-refractivity contribution is -0.147. The van der Waals surface area contributed by atoms with Crippen molar-refractivity contribution in [3.8, 4) is 0 Å². The molecule has 1 aromatic heterocycles. The molecule has 28 heavy (non-hydrogen) atoms. The quantitative estimate of drug-likeness (QED) is 0.569. The van der Waals surface area contributed by atoms with Crippen molar-refractivity contribution < 1.29 is 19.1 Å². The Labute approximate surface area is 165 Å². The van der Waals surface area contributed by atoms with Crippen LogP contribution in [0.1, 0.15) is 40.7 Å². The first-order valence-corrected chi connectivity index (χ1v) is 9.53. The molecule has 2 aromatic rings. The van der Waals surface area contributed by atoms with E-state index in [1.165, 1.54) is 5.56 Å². The van der Waals surface area contributed by atoms with Crippen LogP contribution in [0.2, 0.25) is 0 Å². The van der Waals surface area contributed by atoms with Gasteiger partial charge in [0.2, 0.25) is 11.7 Å². The van der Waals surface area contributed by atoms with E-state index in [4.69, 9.17) is 4.74 Å². The molecule has 1 aliphatic heterocycles. The van der Waals surface area contributed by atoms with Gasteiger partial charge in [-0.2, -0.15) is 0 Å². The number of aryl methyl sites for hydroxylation is 2. The molecule has 1 atom stereocenters. The molecule has 0 aliphatic carbocycles. The number of rotatable bonds is 6. The summed E-state index contributed by atoms with van der Waals surface area (Å²) in [7, 11) is 1.89. The Morgan fingerprint density at radius 1 is 1.18 bits per heavy atom. The fourth-order valence-electron chi connectivity index (χ4n) is 3.50. The zero-order chi connectivity index (χ0) is 20.4. The number of hydrogen-bond acceptors (Lipinski definition) is 4. The van der Waals surface area contributed by atoms with E-state index >= 15 is 0 Å². The fraction of sp³-hybridized carbons (Fsp3) is 0.409. The Morgan fingerprint density at radius 2 is 1.86 bits per heavy atom. The standard InChI is InChI=1S/C22H26N2O4/c1-5-16-6-8-18(9-7-16)24-12-17(11-21(24)26)22(27)28-13-20(25)19-10-14(2)23(4)15(19)3/h6-10,17H,5,11-13H2,1-4H3. The number of hydrogen-bond donors (Lipinski definition) is 0. The molecule has 0 radical (unpaired) electrons. The molecular formula is C22H26N2O4. The molecule has 1 amide bonds. The molecule has 1 aliphatic rings. The molecular weight excluding hydrogens is 356 g/mol. The Kier molecular flexibility index (Phi) is 5.68. The molecule has 0 spiro atoms. The third-order valence-corrected chi connectivity index (χ3v) is 5.54. The van der Waals surface area contributed by atoms with Gasteiger partial charge in [-0.25, -0.2) is 0 Å². The van der Waals surface area contributed by atoms with Crippen LogP contribution in [0, 0.1) is 19.8 Å². The number of aromatic nitrogens is 1. The molecule has 1 fully saturated rings. The summed E-state index contributed by atoms with van der Waals surface area (Å²) < 4.78 is 7.16. The minimum Gasteiger partial charge on any atom is -0.457 e. The lowest BCUT2D eigenvalue weighted by Crippen LogP contribution is -2.27. The number of carbonyl (C=O) groups excluding carboxylic acids is 3. The predicted molar refractivity (Wildman–Crippen MR) is 106 cm³/mol. The highest BCUT2D eigenvalue weighted by molar-refractivity contribution is 6.01. The summed E-state index contributed by atoms with van der Waals surface area (Å²) in [5.74, 6) is -1.39. The van der Waals surface area contributed by atoms with Crippen molar-refractivity contribution in [1.29, 1.82) is 0 Å². The molecule has 1 aromatic carbocycles. The van der Waals surface area contributed by atoms with Gasteiger partial charge in [0.25, 0.3) is 0 Å². The Bertz CT molecular complexity index is 911. The van der Waals surface area contributed by atoms with E-state index in [-0.39, 0.29) is 31.3 Å². The molecule has 0 bridgehead atoms. The van der Waals surface area contributed by atoms with Gasteiger partial charge in [0, 0.05) is 42.7 Å². The summed E-state index contributed by atoms with van der Waals surface area (Å²) in [5.41, 5.74) is 4.35. The number of ether oxygens (including phenoxy) is 1. The highest BCUT2D eigenvalue weighted by Gasteiger charge is 2.36. The van der Waals surface area contributed by atoms with Crippen LogP contribution in [0.15, 0.2) is 30.3 Å². The topological polar surface area (TPSA) is 68.6 Å². The summed E-state index contributed by atoms with van der Waals surface area (Å²) in [6.45, 7) is 5.82. The van der Waals surface area contributed by atoms with Gasteiger partial charge in [0.05, 0.1) is 5.92 Å². The van der Waals surface area contributed by atoms with Crippen molar-refractivity contribution in [3.05, 3.63) is 52.8 Å². The summed E-state index contributed by atoms with van der Waals surface area (Å²) >= 11 is 0. The van der Waals surface area contributed by atoms with Gasteiger partial charge in [-0.05, 0) is 44.0 Å². The number of esters is 1. The van der Waals surface area contributed by atoms with Gasteiger partial charge in [-0.3, -0.25) is 14.4 Å². The molecule has 0 N–H and O–H groups in total. The molecule has 2 heterocycles. The highest BCUT2D eigenvalue weighted by Crippen LogP contribution is 2.26. The summed E-state index contributed by atoms with van der Waals surface area (Å²) in [6.07, 6.45) is 1.03. The number of nitrogens with zero attached hydrogens (tertiary/aromatic N) is 2. The minimum absolute atomic E-state index is 0.103. The number of amides is 1. The number of ketones is 1. The Morgan fingerprint density at radius 3 is 2.43 bits per heavy atom. The molecule has 6 nitrogen and oxygen atoms in total. The average molecular weight is 382 g/mol. The van der Waals surface area contributed by atoms with Crippen LogP contribution < -0.4 is 4.90 Å². The van der Waals surface area contributed by atoms with Gasteiger partial charge in [0.1, 0.15) is 0 Å². The van der Waals surface area contributed by atoms with E-state index < -0.39 is 11.9 Å². The maximum atomic E-state index is 12.4. The lowest BCUT2D eigenvalue weighted by atomic mass is 10.1. The summed E-state index contributed by atoms with van der Waals surface area (Å²) in [6, 6.07) is 9.56. The first-order valence-electron chi connectivity index (χ1n) is 9.53. The van der Waals surface area contributed by atoms with E-state index in [0.29, 0.717) is 5.56 Å². The smallest absolute Gasteiger partial charge is 0.311 e. The third kappa shape index (κ3) is 3.86. The van der Waals surface area contributed by atoms with Gasteiger partial charge >= 0.3 is 5.97 Å². The van der Waals surface area contributed by atoms with E-state index in [1.807, 2.05) is 49.7 Å². The zero-order valence-electron chi connectivity index (χ0n) is 16.8. The van der Waals surface area contributed by atoms with Gasteiger partial charge < -0.3 is 14.2 Å². The molecule has 6 heteroatoms. The van der Waals surface area contributed by atoms with Crippen molar-refractivity contribution in [3.63, 3.8) is 0 Å². The van der Waals surface area contributed by atoms with Crippen LogP contribution in [0.3, 0.4) is 0 Å². The van der Waals surface area contributed by atoms with Crippen molar-refractivity contribution in [2.45, 2.75) is 33.6 Å². The van der Waals surface area contributed by atoms with Crippen molar-refractivity contribution >= 4 is 23.3 Å². The van der Waals surface area contributed by atoms with Crippen LogP contribution in [-0.4, -0.2) is 35.4 Å². The first kappa shape index (κ1) is 19.9. The average Bonchev–Trinajstić information content (AvgIpc) is 3.21. The SMILES string of the molecule is CCc1ccc(N2CC(C(=O)OCC(=O)c3cc(C)n(C)c3C)CC2=O)cc1. The highest BCUT2D eigenvalue weighted by atomic mass is 16.5. The maximum absolute atomic E-state index is 12.4. The second-order valence-corrected chi connectivity index (χ2v) is 7.30. The van der Waals surface area contributed by atoms with Gasteiger partial charge in [-0.15, -0.1) is 0 Å². The van der Waals surface area contributed by atoms with Crippen LogP contribution in [0.25, 0.3) is 0 Å². The number of anilines is 1. The molecule has 1 saturated heterocycles. The van der Waals surface area contributed by atoms with E-state index in [2.05, 4.69) is 6.92 Å². The van der Waals surface area contributed by atoms with Crippen LogP contribution in [0.5, 0.6) is 0 Å². The minimum atomic E-state index is -0.551. The maximum Gasteiger partial charge on any atom is 0.311 e. The zero-order valence-corrected chi connectivity index (χ0v) is 16.8. The monoisotopic (exact) mass is 382 g/mol. The van der Waals surface area contributed by atoms with E-state index in [9.17, 15) is 14.4 Å². The summed E-state index contributed by atoms with van der Waals surface area (Å²) in [5, 5.41) is 0. The normalized spacial score (nSPS) is 16.5. The second kappa shape index (κ2) is 8.00. The van der Waals surface area contributed by atoms with E-state index in [1.54, 1.807) is 11.0 Å². The third-order valence-electron chi connectivity index (χ3n) is 5.54. The van der Waals surface area contributed by atoms with Crippen LogP contribution >= 0.6 is 0 Å². The first-order chi connectivity index (χ1) is 13.3. The number of carbonyl (C=O) groups is 3. The number of Topliss-reactive ketones (excluding diaryl/α,β-unsaturated/α-hetero) is 1. The largest absolute Gasteiger partial charge is 0.457 e. The van der Waals surface area contributed by atoms with Gasteiger partial charge in [0.15, 0.2) is 6.61 Å². The second-order valence-electron chi connectivity index (χ2n) is 7.30. The lowest BCUT2D eigenvalue weighted by Gasteiger charge is -2.17. The van der Waals surface area contributed by atoms with Gasteiger partial charge in [-0.1, -0.05) is 19.1 Å². The fourth-order valence-corrected chi connectivity index (χ4v) is 3.50. The molecule has 0 saturated carbocycles. The predicted octanol–water partition coefficient (Wildman–Crippen LogP) is 2.98. The van der Waals surface area contributed by atoms with Crippen LogP contribution in [0.4, 0.5) is 5.69 Å². The Balaban J connectivity index is 1.59. The van der Waals surface area contributed by atoms with E-state index in [0.717, 1.165) is 23.5 Å². The summed E-state index contributed by atoms with van der Waals surface area (Å²) in [4.78, 5) is 38.7. The molecule has 148 valence electrons. The number of benzene rings is 1.